The van der Waals surface area contributed by atoms with Crippen LogP contribution in [0, 0.1) is 6.92 Å². The normalized spacial score (nSPS) is 11.4. The molecular weight excluding hydrogens is 304 g/mol. The zero-order valence-electron chi connectivity index (χ0n) is 11.6. The van der Waals surface area contributed by atoms with Crippen molar-refractivity contribution in [2.75, 3.05) is 0 Å². The summed E-state index contributed by atoms with van der Waals surface area (Å²) in [6.45, 7) is 1.75. The number of fused-ring (bicyclic) bond motifs is 1. The van der Waals surface area contributed by atoms with Crippen molar-refractivity contribution >= 4 is 33.9 Å². The van der Waals surface area contributed by atoms with Crippen LogP contribution in [-0.4, -0.2) is 5.11 Å². The predicted molar refractivity (Wildman–Crippen MR) is 84.5 cm³/mol. The fourth-order valence-electron chi connectivity index (χ4n) is 2.10. The molecule has 0 spiro atoms. The Morgan fingerprint density at radius 1 is 1.14 bits per heavy atom. The molecule has 0 aliphatic carbocycles. The molecule has 0 unspecified atom stereocenters. The molecule has 1 aromatic heterocycles. The van der Waals surface area contributed by atoms with Crippen LogP contribution in [0.15, 0.2) is 61.9 Å². The van der Waals surface area contributed by atoms with Gasteiger partial charge in [0.05, 0.1) is 5.69 Å². The number of benzene rings is 2. The van der Waals surface area contributed by atoms with E-state index in [1.165, 1.54) is 12.1 Å². The number of aromatic hydroxyl groups is 1. The van der Waals surface area contributed by atoms with Crippen molar-refractivity contribution in [1.82, 2.24) is 0 Å². The number of phenols is 1. The molecule has 22 heavy (non-hydrogen) atoms. The van der Waals surface area contributed by atoms with Crippen LogP contribution < -0.4 is 5.63 Å². The molecule has 1 N–H and O–H groups in total. The Morgan fingerprint density at radius 3 is 2.73 bits per heavy atom. The lowest BCUT2D eigenvalue weighted by Crippen LogP contribution is -2.00. The highest BCUT2D eigenvalue weighted by Gasteiger charge is 2.11. The van der Waals surface area contributed by atoms with E-state index in [0.717, 1.165) is 0 Å². The van der Waals surface area contributed by atoms with Crippen molar-refractivity contribution in [3.05, 3.63) is 63.5 Å². The molecule has 0 fully saturated rings. The first-order chi connectivity index (χ1) is 10.5. The zero-order chi connectivity index (χ0) is 15.7. The van der Waals surface area contributed by atoms with E-state index in [4.69, 9.17) is 16.0 Å². The summed E-state index contributed by atoms with van der Waals surface area (Å²) in [5.74, 6) is 0.0309. The lowest BCUT2D eigenvalue weighted by Gasteiger charge is -2.03. The smallest absolute Gasteiger partial charge is 0.364 e. The van der Waals surface area contributed by atoms with Crippen LogP contribution in [0.3, 0.4) is 0 Å². The van der Waals surface area contributed by atoms with Gasteiger partial charge in [0.1, 0.15) is 11.3 Å². The summed E-state index contributed by atoms with van der Waals surface area (Å²) in [5, 5.41) is 18.7. The molecule has 0 bridgehead atoms. The van der Waals surface area contributed by atoms with Crippen LogP contribution in [0.1, 0.15) is 5.56 Å². The summed E-state index contributed by atoms with van der Waals surface area (Å²) in [5.41, 5.74) is 0.998. The molecule has 2 aromatic carbocycles. The SMILES string of the molecule is Cc1c(N=Nc2cccc(Cl)c2)c(=O)oc2cc(O)ccc12. The molecule has 1 heterocycles. The first kappa shape index (κ1) is 14.3. The van der Waals surface area contributed by atoms with Gasteiger partial charge >= 0.3 is 5.63 Å². The zero-order valence-corrected chi connectivity index (χ0v) is 12.3. The number of nitrogens with zero attached hydrogens (tertiary/aromatic N) is 2. The first-order valence-electron chi connectivity index (χ1n) is 6.48. The van der Waals surface area contributed by atoms with Crippen molar-refractivity contribution in [3.63, 3.8) is 0 Å². The van der Waals surface area contributed by atoms with Gasteiger partial charge in [-0.3, -0.25) is 0 Å². The predicted octanol–water partition coefficient (Wildman–Crippen LogP) is 4.88. The van der Waals surface area contributed by atoms with Gasteiger partial charge in [-0.25, -0.2) is 4.79 Å². The van der Waals surface area contributed by atoms with E-state index in [-0.39, 0.29) is 11.4 Å². The maximum atomic E-state index is 12.0. The first-order valence-corrected chi connectivity index (χ1v) is 6.86. The van der Waals surface area contributed by atoms with Crippen LogP contribution in [0.25, 0.3) is 11.0 Å². The summed E-state index contributed by atoms with van der Waals surface area (Å²) in [6.07, 6.45) is 0. The number of rotatable bonds is 2. The van der Waals surface area contributed by atoms with Crippen molar-refractivity contribution in [3.8, 4) is 5.75 Å². The second kappa shape index (κ2) is 5.61. The van der Waals surface area contributed by atoms with Crippen LogP contribution >= 0.6 is 11.6 Å². The summed E-state index contributed by atoms with van der Waals surface area (Å²) in [7, 11) is 0. The Bertz CT molecular complexity index is 948. The van der Waals surface area contributed by atoms with Gasteiger partial charge in [-0.05, 0) is 42.8 Å². The Balaban J connectivity index is 2.11. The van der Waals surface area contributed by atoms with Crippen molar-refractivity contribution in [2.45, 2.75) is 6.92 Å². The maximum absolute atomic E-state index is 12.0. The molecule has 6 heteroatoms. The number of hydrogen-bond donors (Lipinski definition) is 1. The fraction of sp³-hybridized carbons (Fsp3) is 0.0625. The summed E-state index contributed by atoms with van der Waals surface area (Å²) < 4.78 is 5.17. The van der Waals surface area contributed by atoms with Gasteiger partial charge < -0.3 is 9.52 Å². The third kappa shape index (κ3) is 2.71. The Hall–Kier alpha value is -2.66. The van der Waals surface area contributed by atoms with Gasteiger partial charge in [0.2, 0.25) is 0 Å². The van der Waals surface area contributed by atoms with Crippen LogP contribution in [0.2, 0.25) is 5.02 Å². The molecule has 0 saturated heterocycles. The molecule has 5 nitrogen and oxygen atoms in total. The summed E-state index contributed by atoms with van der Waals surface area (Å²) in [4.78, 5) is 12.0. The maximum Gasteiger partial charge on any atom is 0.364 e. The van der Waals surface area contributed by atoms with E-state index in [1.807, 2.05) is 0 Å². The molecule has 3 aromatic rings. The highest BCUT2D eigenvalue weighted by Crippen LogP contribution is 2.28. The molecule has 0 amide bonds. The molecule has 110 valence electrons. The second-order valence-electron chi connectivity index (χ2n) is 4.72. The molecular formula is C16H11ClN2O3. The highest BCUT2D eigenvalue weighted by molar-refractivity contribution is 6.30. The fourth-order valence-corrected chi connectivity index (χ4v) is 2.28. The van der Waals surface area contributed by atoms with Gasteiger partial charge in [-0.15, -0.1) is 5.11 Å². The number of halogens is 1. The molecule has 0 radical (unpaired) electrons. The third-order valence-electron chi connectivity index (χ3n) is 3.19. The summed E-state index contributed by atoms with van der Waals surface area (Å²) >= 11 is 5.88. The topological polar surface area (TPSA) is 75.2 Å². The van der Waals surface area contributed by atoms with Gasteiger partial charge in [0, 0.05) is 16.5 Å². The van der Waals surface area contributed by atoms with E-state index in [2.05, 4.69) is 10.2 Å². The minimum absolute atomic E-state index is 0.0309. The standard InChI is InChI=1S/C16H11ClN2O3/c1-9-13-6-5-12(20)8-14(13)22-16(21)15(9)19-18-11-4-2-3-10(17)7-11/h2-8,20H,1H3. The van der Waals surface area contributed by atoms with E-state index in [0.29, 0.717) is 27.2 Å². The van der Waals surface area contributed by atoms with Gasteiger partial charge in [-0.1, -0.05) is 17.7 Å². The van der Waals surface area contributed by atoms with E-state index >= 15 is 0 Å². The minimum atomic E-state index is -0.610. The van der Waals surface area contributed by atoms with Crippen LogP contribution in [-0.2, 0) is 0 Å². The van der Waals surface area contributed by atoms with E-state index in [9.17, 15) is 9.90 Å². The number of phenolic OH excluding ortho intramolecular Hbond substituents is 1. The Morgan fingerprint density at radius 2 is 1.95 bits per heavy atom. The second-order valence-corrected chi connectivity index (χ2v) is 5.16. The minimum Gasteiger partial charge on any atom is -0.508 e. The number of hydrogen-bond acceptors (Lipinski definition) is 5. The molecule has 0 atom stereocenters. The molecule has 0 saturated carbocycles. The number of azo groups is 1. The monoisotopic (exact) mass is 314 g/mol. The lowest BCUT2D eigenvalue weighted by molar-refractivity contribution is 0.473. The highest BCUT2D eigenvalue weighted by atomic mass is 35.5. The van der Waals surface area contributed by atoms with Crippen molar-refractivity contribution in [2.24, 2.45) is 10.2 Å². The van der Waals surface area contributed by atoms with Crippen molar-refractivity contribution < 1.29 is 9.52 Å². The number of aryl methyl sites for hydroxylation is 1. The molecule has 3 rings (SSSR count). The third-order valence-corrected chi connectivity index (χ3v) is 3.43. The average molecular weight is 315 g/mol. The largest absolute Gasteiger partial charge is 0.508 e. The van der Waals surface area contributed by atoms with Gasteiger partial charge in [0.15, 0.2) is 5.69 Å². The van der Waals surface area contributed by atoms with Gasteiger partial charge in [-0.2, -0.15) is 5.11 Å². The van der Waals surface area contributed by atoms with Gasteiger partial charge in [0.25, 0.3) is 0 Å². The average Bonchev–Trinajstić information content (AvgIpc) is 2.46. The quantitative estimate of drug-likeness (QED) is 0.541. The van der Waals surface area contributed by atoms with Crippen molar-refractivity contribution in [1.29, 1.82) is 0 Å². The molecule has 0 aliphatic rings. The lowest BCUT2D eigenvalue weighted by atomic mass is 10.1. The van der Waals surface area contributed by atoms with Crippen LogP contribution in [0.4, 0.5) is 11.4 Å². The van der Waals surface area contributed by atoms with E-state index in [1.54, 1.807) is 37.3 Å². The van der Waals surface area contributed by atoms with Crippen LogP contribution in [0.5, 0.6) is 5.75 Å². The summed E-state index contributed by atoms with van der Waals surface area (Å²) in [6, 6.07) is 11.4. The Labute approximate surface area is 130 Å². The van der Waals surface area contributed by atoms with E-state index < -0.39 is 5.63 Å². The Kier molecular flexibility index (Phi) is 3.65. The molecule has 0 aliphatic heterocycles.